The highest BCUT2D eigenvalue weighted by Crippen LogP contribution is 2.16. The van der Waals surface area contributed by atoms with Crippen molar-refractivity contribution in [3.05, 3.63) is 12.2 Å². The quantitative estimate of drug-likeness (QED) is 0.146. The van der Waals surface area contributed by atoms with Gasteiger partial charge < -0.3 is 19.9 Å². The molecule has 0 aromatic heterocycles. The Morgan fingerprint density at radius 3 is 2.38 bits per heavy atom. The molecule has 0 aliphatic rings. The van der Waals surface area contributed by atoms with Gasteiger partial charge in [-0.15, -0.1) is 0 Å². The molecule has 0 saturated heterocycles. The number of carbonyl (C=O) groups excluding carboxylic acids is 2. The summed E-state index contributed by atoms with van der Waals surface area (Å²) in [4.78, 5) is 24.6. The third-order valence-electron chi connectivity index (χ3n) is 5.67. The zero-order chi connectivity index (χ0) is 23.9. The van der Waals surface area contributed by atoms with Crippen LogP contribution in [0.5, 0.6) is 0 Å². The molecular formula is C25H48N2O5. The zero-order valence-corrected chi connectivity index (χ0v) is 20.8. The molecule has 0 aliphatic carbocycles. The van der Waals surface area contributed by atoms with E-state index in [9.17, 15) is 14.7 Å². The highest BCUT2D eigenvalue weighted by molar-refractivity contribution is 5.69. The Morgan fingerprint density at radius 2 is 1.69 bits per heavy atom. The van der Waals surface area contributed by atoms with Crippen LogP contribution in [-0.4, -0.2) is 68.6 Å². The van der Waals surface area contributed by atoms with Gasteiger partial charge in [0, 0.05) is 32.6 Å². The fourth-order valence-corrected chi connectivity index (χ4v) is 3.76. The molecule has 0 spiro atoms. The van der Waals surface area contributed by atoms with Gasteiger partial charge in [-0.25, -0.2) is 4.79 Å². The number of methoxy groups -OCH3 is 1. The lowest BCUT2D eigenvalue weighted by molar-refractivity contribution is -0.140. The Kier molecular flexibility index (Phi) is 21.5. The number of hydrogen-bond acceptors (Lipinski definition) is 6. The van der Waals surface area contributed by atoms with E-state index in [-0.39, 0.29) is 12.6 Å². The number of nitrogens with one attached hydrogen (secondary N) is 1. The van der Waals surface area contributed by atoms with Crippen LogP contribution in [0.1, 0.15) is 90.4 Å². The molecule has 1 unspecified atom stereocenters. The van der Waals surface area contributed by atoms with Crippen LogP contribution in [0.15, 0.2) is 12.2 Å². The highest BCUT2D eigenvalue weighted by atomic mass is 16.5. The minimum absolute atomic E-state index is 0.111. The minimum atomic E-state index is -0.414. The monoisotopic (exact) mass is 456 g/mol. The molecule has 0 saturated carbocycles. The van der Waals surface area contributed by atoms with Crippen molar-refractivity contribution in [3.8, 4) is 0 Å². The first-order valence-corrected chi connectivity index (χ1v) is 12.5. The summed E-state index contributed by atoms with van der Waals surface area (Å²) in [7, 11) is 2.99. The summed E-state index contributed by atoms with van der Waals surface area (Å²) in [5.74, 6) is -0.113. The molecule has 0 bridgehead atoms. The number of aliphatic hydroxyl groups excluding tert-OH is 1. The molecule has 7 nitrogen and oxygen atoms in total. The summed E-state index contributed by atoms with van der Waals surface area (Å²) in [6.45, 7) is 3.90. The molecule has 0 aliphatic heterocycles. The maximum absolute atomic E-state index is 11.3. The zero-order valence-electron chi connectivity index (χ0n) is 20.8. The van der Waals surface area contributed by atoms with Gasteiger partial charge in [-0.05, 0) is 38.5 Å². The fraction of sp³-hybridized carbons (Fsp3) is 0.840. The highest BCUT2D eigenvalue weighted by Gasteiger charge is 2.17. The van der Waals surface area contributed by atoms with Crippen LogP contribution >= 0.6 is 0 Å². The van der Waals surface area contributed by atoms with E-state index in [4.69, 9.17) is 4.74 Å². The van der Waals surface area contributed by atoms with Gasteiger partial charge in [0.05, 0.1) is 13.7 Å². The van der Waals surface area contributed by atoms with Crippen LogP contribution < -0.4 is 5.32 Å². The van der Waals surface area contributed by atoms with E-state index in [0.29, 0.717) is 32.2 Å². The topological polar surface area (TPSA) is 88.1 Å². The number of esters is 1. The Balaban J connectivity index is 4.23. The number of rotatable bonds is 21. The number of allylic oxidation sites excluding steroid dienone is 2. The van der Waals surface area contributed by atoms with Crippen LogP contribution in [0, 0.1) is 0 Å². The van der Waals surface area contributed by atoms with E-state index in [0.717, 1.165) is 38.5 Å². The van der Waals surface area contributed by atoms with Crippen molar-refractivity contribution in [1.29, 1.82) is 0 Å². The van der Waals surface area contributed by atoms with E-state index < -0.39 is 6.09 Å². The maximum Gasteiger partial charge on any atom is 0.406 e. The number of carbonyl (C=O) groups is 2. The molecule has 0 aromatic rings. The van der Waals surface area contributed by atoms with Gasteiger partial charge in [0.2, 0.25) is 0 Å². The first kappa shape index (κ1) is 30.4. The predicted octanol–water partition coefficient (Wildman–Crippen LogP) is 4.83. The number of alkyl carbamates (subject to hydrolysis) is 1. The molecule has 0 fully saturated rings. The summed E-state index contributed by atoms with van der Waals surface area (Å²) in [5.41, 5.74) is 0. The van der Waals surface area contributed by atoms with E-state index >= 15 is 0 Å². The van der Waals surface area contributed by atoms with Gasteiger partial charge in [-0.1, -0.05) is 57.6 Å². The van der Waals surface area contributed by atoms with Gasteiger partial charge in [0.1, 0.15) is 6.61 Å². The number of aliphatic hydroxyl groups is 1. The number of nitrogens with zero attached hydrogens (tertiary/aromatic N) is 1. The van der Waals surface area contributed by atoms with Crippen molar-refractivity contribution < 1.29 is 24.2 Å². The SMILES string of the molecule is CCCCCC(CC/C=C\CCCCCCCC(=O)OC)N(CCO)CCOC(=O)NC. The van der Waals surface area contributed by atoms with Gasteiger partial charge in [-0.3, -0.25) is 9.69 Å². The lowest BCUT2D eigenvalue weighted by Gasteiger charge is -2.31. The van der Waals surface area contributed by atoms with Crippen LogP contribution in [0.25, 0.3) is 0 Å². The molecule has 1 amide bonds. The van der Waals surface area contributed by atoms with E-state index in [2.05, 4.69) is 34.0 Å². The van der Waals surface area contributed by atoms with E-state index in [1.807, 2.05) is 0 Å². The van der Waals surface area contributed by atoms with E-state index in [1.165, 1.54) is 45.6 Å². The van der Waals surface area contributed by atoms with Crippen molar-refractivity contribution in [2.24, 2.45) is 0 Å². The molecule has 2 N–H and O–H groups in total. The first-order valence-electron chi connectivity index (χ1n) is 12.5. The second-order valence-corrected chi connectivity index (χ2v) is 8.23. The lowest BCUT2D eigenvalue weighted by atomic mass is 10.0. The number of hydrogen-bond donors (Lipinski definition) is 2. The Morgan fingerprint density at radius 1 is 0.969 bits per heavy atom. The average molecular weight is 457 g/mol. The smallest absolute Gasteiger partial charge is 0.406 e. The van der Waals surface area contributed by atoms with Gasteiger partial charge in [0.15, 0.2) is 0 Å². The molecule has 7 heteroatoms. The summed E-state index contributed by atoms with van der Waals surface area (Å²) in [5, 5.41) is 12.0. The first-order chi connectivity index (χ1) is 15.6. The minimum Gasteiger partial charge on any atom is -0.469 e. The van der Waals surface area contributed by atoms with Crippen molar-refractivity contribution in [3.63, 3.8) is 0 Å². The Bertz CT molecular complexity index is 485. The second-order valence-electron chi connectivity index (χ2n) is 8.23. The summed E-state index contributed by atoms with van der Waals surface area (Å²) < 4.78 is 9.81. The molecular weight excluding hydrogens is 408 g/mol. The number of amides is 1. The summed E-state index contributed by atoms with van der Waals surface area (Å²) >= 11 is 0. The van der Waals surface area contributed by atoms with Crippen molar-refractivity contribution in [1.82, 2.24) is 10.2 Å². The van der Waals surface area contributed by atoms with Gasteiger partial charge in [0.25, 0.3) is 0 Å². The van der Waals surface area contributed by atoms with Crippen molar-refractivity contribution in [2.45, 2.75) is 96.4 Å². The Labute approximate surface area is 195 Å². The van der Waals surface area contributed by atoms with Crippen molar-refractivity contribution >= 4 is 12.1 Å². The van der Waals surface area contributed by atoms with Crippen LogP contribution in [0.2, 0.25) is 0 Å². The van der Waals surface area contributed by atoms with Crippen molar-refractivity contribution in [2.75, 3.05) is 40.5 Å². The predicted molar refractivity (Wildman–Crippen MR) is 130 cm³/mol. The number of unbranched alkanes of at least 4 members (excludes halogenated alkanes) is 7. The van der Waals surface area contributed by atoms with Gasteiger partial charge in [-0.2, -0.15) is 0 Å². The third kappa shape index (κ3) is 18.0. The van der Waals surface area contributed by atoms with Crippen LogP contribution in [0.4, 0.5) is 4.79 Å². The molecule has 0 aromatic carbocycles. The second kappa shape index (κ2) is 22.6. The third-order valence-corrected chi connectivity index (χ3v) is 5.67. The van der Waals surface area contributed by atoms with Gasteiger partial charge >= 0.3 is 12.1 Å². The molecule has 0 rings (SSSR count). The summed E-state index contributed by atoms with van der Waals surface area (Å²) in [6.07, 6.45) is 18.1. The fourth-order valence-electron chi connectivity index (χ4n) is 3.76. The maximum atomic E-state index is 11.3. The molecule has 188 valence electrons. The van der Waals surface area contributed by atoms with Crippen LogP contribution in [-0.2, 0) is 14.3 Å². The number of ether oxygens (including phenoxy) is 2. The summed E-state index contributed by atoms with van der Waals surface area (Å²) in [6, 6.07) is 0.390. The molecule has 0 heterocycles. The Hall–Kier alpha value is -1.60. The van der Waals surface area contributed by atoms with Crippen LogP contribution in [0.3, 0.4) is 0 Å². The largest absolute Gasteiger partial charge is 0.469 e. The normalized spacial score (nSPS) is 12.3. The van der Waals surface area contributed by atoms with E-state index in [1.54, 1.807) is 7.05 Å². The standard InChI is InChI=1S/C25H48N2O5/c1-4-5-13-16-23(27(19-21-28)20-22-32-25(30)26-2)17-14-11-9-7-6-8-10-12-15-18-24(29)31-3/h9,11,23,28H,4-8,10,12-22H2,1-3H3,(H,26,30)/b11-9-. The lowest BCUT2D eigenvalue weighted by Crippen LogP contribution is -2.40. The molecule has 32 heavy (non-hydrogen) atoms. The average Bonchev–Trinajstić information content (AvgIpc) is 2.80. The molecule has 0 radical (unpaired) electrons. The molecule has 1 atom stereocenters.